The van der Waals surface area contributed by atoms with E-state index in [1.54, 1.807) is 0 Å². The number of para-hydroxylation sites is 4. The van der Waals surface area contributed by atoms with Crippen molar-refractivity contribution in [1.82, 2.24) is 4.57 Å². The van der Waals surface area contributed by atoms with Crippen molar-refractivity contribution in [1.29, 1.82) is 0 Å². The summed E-state index contributed by atoms with van der Waals surface area (Å²) in [7, 11) is 8.37. The van der Waals surface area contributed by atoms with E-state index < -0.39 is 103 Å². The van der Waals surface area contributed by atoms with Gasteiger partial charge >= 0.3 is 0 Å². The Kier molecular flexibility index (Phi) is 8.45. The summed E-state index contributed by atoms with van der Waals surface area (Å²) in [5.41, 5.74) is 9.78. The van der Waals surface area contributed by atoms with Crippen LogP contribution in [-0.4, -0.2) is 25.8 Å². The number of hydrogen-bond donors (Lipinski definition) is 0. The van der Waals surface area contributed by atoms with Gasteiger partial charge in [0.2, 0.25) is 0 Å². The van der Waals surface area contributed by atoms with Gasteiger partial charge in [0.05, 0.1) is 45.7 Å². The molecule has 4 nitrogen and oxygen atoms in total. The molecule has 0 atom stereocenters. The van der Waals surface area contributed by atoms with Gasteiger partial charge in [-0.05, 0) is 126 Å². The minimum atomic E-state index is -1.28. The summed E-state index contributed by atoms with van der Waals surface area (Å²) >= 11 is 2.26. The summed E-state index contributed by atoms with van der Waals surface area (Å²) in [5.74, 6) is -0.183. The predicted octanol–water partition coefficient (Wildman–Crippen LogP) is 17.2. The Hall–Kier alpha value is -10.0. The molecule has 0 unspecified atom stereocenters. The highest BCUT2D eigenvalue weighted by Crippen LogP contribution is 2.56. The highest BCUT2D eigenvalue weighted by atomic mass is 32.2. The number of fused-ring (bicyclic) bond motifs is 8. The lowest BCUT2D eigenvalue weighted by Gasteiger charge is -2.49. The normalized spacial score (nSPS) is 16.2. The van der Waals surface area contributed by atoms with Crippen LogP contribution in [0.3, 0.4) is 0 Å². The van der Waals surface area contributed by atoms with Gasteiger partial charge in [-0.25, -0.2) is 0 Å². The van der Waals surface area contributed by atoms with Gasteiger partial charge in [-0.1, -0.05) is 262 Å². The van der Waals surface area contributed by atoms with Crippen LogP contribution in [0.4, 0.5) is 34.1 Å². The second kappa shape index (κ2) is 20.0. The lowest BCUT2D eigenvalue weighted by atomic mass is 9.30. The molecule has 424 valence electrons. The molecule has 9 heteroatoms. The van der Waals surface area contributed by atoms with Crippen LogP contribution in [0.25, 0.3) is 72.0 Å². The molecule has 13 aromatic carbocycles. The number of nitrogens with zero attached hydrogens (tertiary/aromatic N) is 3. The minimum Gasteiger partial charge on any atom is -0.458 e. The van der Waals surface area contributed by atoms with Crippen molar-refractivity contribution in [3.8, 4) is 61.7 Å². The van der Waals surface area contributed by atoms with E-state index in [1.807, 2.05) is 163 Å². The van der Waals surface area contributed by atoms with Crippen molar-refractivity contribution in [2.75, 3.05) is 9.80 Å². The van der Waals surface area contributed by atoms with Crippen LogP contribution in [-0.2, 0) is 5.41 Å². The number of aromatic nitrogens is 1. The largest absolute Gasteiger partial charge is 0.458 e. The molecule has 91 heavy (non-hydrogen) atoms. The first-order valence-electron chi connectivity index (χ1n) is 38.5. The molecular formula is C82H54B3N3OS2. The van der Waals surface area contributed by atoms with Gasteiger partial charge in [0, 0.05) is 81.0 Å². The number of ether oxygens (including phenoxy) is 1. The number of anilines is 6. The fourth-order valence-corrected chi connectivity index (χ4v) is 16.9. The average molecular weight is 1210 g/mol. The predicted molar refractivity (Wildman–Crippen MR) is 386 cm³/mol. The van der Waals surface area contributed by atoms with E-state index in [-0.39, 0.29) is 83.5 Å². The summed E-state index contributed by atoms with van der Waals surface area (Å²) in [6, 6.07) is 47.1. The van der Waals surface area contributed by atoms with Crippen LogP contribution in [0.15, 0.2) is 292 Å². The van der Waals surface area contributed by atoms with E-state index in [0.717, 1.165) is 62.5 Å². The van der Waals surface area contributed by atoms with Crippen LogP contribution in [0.5, 0.6) is 11.5 Å². The highest BCUT2D eigenvalue weighted by Gasteiger charge is 2.52. The van der Waals surface area contributed by atoms with Crippen molar-refractivity contribution < 1.29 is 28.0 Å². The summed E-state index contributed by atoms with van der Waals surface area (Å²) in [5, 5.41) is -0.528. The van der Waals surface area contributed by atoms with E-state index in [0.29, 0.717) is 76.7 Å². The lowest BCUT2D eigenvalue weighted by molar-refractivity contribution is 0.485. The second-order valence-electron chi connectivity index (χ2n) is 24.3. The van der Waals surface area contributed by atoms with Crippen LogP contribution in [0, 0.1) is 0 Å². The van der Waals surface area contributed by atoms with Crippen molar-refractivity contribution in [3.63, 3.8) is 0 Å². The maximum Gasteiger partial charge on any atom is 0.256 e. The molecule has 5 aliphatic heterocycles. The zero-order valence-corrected chi connectivity index (χ0v) is 50.6. The molecule has 1 aromatic heterocycles. The molecule has 2 radical (unpaired) electrons. The Morgan fingerprint density at radius 3 is 1.42 bits per heavy atom. The van der Waals surface area contributed by atoms with Crippen LogP contribution >= 0.6 is 23.5 Å². The molecule has 0 amide bonds. The third kappa shape index (κ3) is 7.72. The smallest absolute Gasteiger partial charge is 0.256 e. The number of hydrogen-bond acceptors (Lipinski definition) is 5. The molecule has 5 aliphatic rings. The standard InChI is InChI=1S/C82H54B3N3OS2/c1-82(2,3)53-46-64-73-65(47-53)88(79-56(51-28-12-6-13-29-51)36-21-37-57(79)52-30-14-7-15-31-52)80-60(44-45-63(72(80)83)86-61-38-18-16-32-58(61)59-33-17-19-39-62(59)86)84(73)74-66(87(64)78-54(49-24-8-4-9-25-49)34-20-35-55(78)50-26-10-5-11-27-50)48-71-77-81(74)91-70-43-23-41-68-76(70)85(77)75-67(89-68)40-22-42-69(75)90-71/h4-48H,1-3H3/i16D,17D,18D,19D,22D,23D,32D,33D,38D,39D,40D,41D,42D,43D,44D,45D,48D. The van der Waals surface area contributed by atoms with E-state index in [2.05, 4.69) is 37.8 Å². The average Bonchev–Trinajstić information content (AvgIpc) is 0.936. The molecule has 6 heterocycles. The molecule has 0 aliphatic carbocycles. The molecule has 0 saturated heterocycles. The second-order valence-corrected chi connectivity index (χ2v) is 26.3. The fraction of sp³-hybridized carbons (Fsp3) is 0.0488. The third-order valence-electron chi connectivity index (χ3n) is 18.4. The Bertz CT molecular complexity index is 6260. The van der Waals surface area contributed by atoms with Gasteiger partial charge in [-0.15, -0.1) is 0 Å². The summed E-state index contributed by atoms with van der Waals surface area (Å²) in [4.78, 5) is 5.48. The number of benzene rings is 13. The van der Waals surface area contributed by atoms with E-state index in [9.17, 15) is 20.6 Å². The topological polar surface area (TPSA) is 20.6 Å². The van der Waals surface area contributed by atoms with E-state index in [1.165, 1.54) is 4.57 Å². The molecule has 19 rings (SSSR count). The lowest BCUT2D eigenvalue weighted by Crippen LogP contribution is -2.66. The quantitative estimate of drug-likeness (QED) is 0.148. The van der Waals surface area contributed by atoms with Gasteiger partial charge < -0.3 is 19.1 Å². The highest BCUT2D eigenvalue weighted by molar-refractivity contribution is 8.01. The van der Waals surface area contributed by atoms with Crippen molar-refractivity contribution in [2.45, 2.75) is 45.8 Å². The zero-order chi connectivity index (χ0) is 75.2. The molecular weight excluding hydrogens is 1140 g/mol. The SMILES string of the molecule is [2H]c1c([2H])c2c3c(c1[2H])Sc1c([2H])c4c(c5c1B3c1c(c([2H])c([2H])c([2H])c1S5)O2)B1c2c(cc(C(C)(C)C)cc2N(c2c(-c3ccccc3)cccc2-c2ccccc2)c2c([B])c(-n3c5c([2H])c([2H])c([2H])c([2H])c5c5c([2H])c([2H])c([2H])c([2H])c53)c([2H])c([2H])c21)N4c1c(-c2ccccc2)cccc1-c1ccccc1. The van der Waals surface area contributed by atoms with Gasteiger partial charge in [0.1, 0.15) is 19.3 Å². The van der Waals surface area contributed by atoms with E-state index >= 15 is 0 Å². The monoisotopic (exact) mass is 1210 g/mol. The van der Waals surface area contributed by atoms with Crippen LogP contribution in [0.1, 0.15) is 49.6 Å². The zero-order valence-electron chi connectivity index (χ0n) is 66.0. The third-order valence-corrected chi connectivity index (χ3v) is 20.6. The summed E-state index contributed by atoms with van der Waals surface area (Å²) < 4.78 is 175. The Labute approximate surface area is 564 Å². The van der Waals surface area contributed by atoms with Gasteiger partial charge in [0.25, 0.3) is 13.4 Å². The maximum atomic E-state index is 11.6. The molecule has 0 N–H and O–H groups in total. The Morgan fingerprint density at radius 1 is 0.418 bits per heavy atom. The Balaban J connectivity index is 1.07. The maximum absolute atomic E-state index is 11.6. The van der Waals surface area contributed by atoms with Crippen LogP contribution < -0.4 is 52.8 Å². The van der Waals surface area contributed by atoms with E-state index in [4.69, 9.17) is 15.3 Å². The summed E-state index contributed by atoms with van der Waals surface area (Å²) in [6.45, 7) is 3.96. The number of rotatable bonds is 7. The van der Waals surface area contributed by atoms with Crippen molar-refractivity contribution >= 4 is 139 Å². The van der Waals surface area contributed by atoms with Crippen molar-refractivity contribution in [3.05, 3.63) is 278 Å². The molecule has 14 aromatic rings. The molecule has 0 saturated carbocycles. The molecule has 0 bridgehead atoms. The summed E-state index contributed by atoms with van der Waals surface area (Å²) in [6.07, 6.45) is 0. The van der Waals surface area contributed by atoms with Gasteiger partial charge in [0.15, 0.2) is 0 Å². The molecule has 0 fully saturated rings. The van der Waals surface area contributed by atoms with Gasteiger partial charge in [-0.3, -0.25) is 0 Å². The van der Waals surface area contributed by atoms with Crippen LogP contribution in [0.2, 0.25) is 0 Å². The Morgan fingerprint density at radius 2 is 0.901 bits per heavy atom. The minimum absolute atomic E-state index is 0.0518. The first-order chi connectivity index (χ1) is 51.8. The first-order valence-corrected chi connectivity index (χ1v) is 31.7. The molecule has 0 spiro atoms. The van der Waals surface area contributed by atoms with Crippen molar-refractivity contribution in [2.24, 2.45) is 0 Å². The fourth-order valence-electron chi connectivity index (χ4n) is 14.5. The van der Waals surface area contributed by atoms with Gasteiger partial charge in [-0.2, -0.15) is 0 Å². The first kappa shape index (κ1) is 38.5.